The summed E-state index contributed by atoms with van der Waals surface area (Å²) < 4.78 is 5.62. The van der Waals surface area contributed by atoms with Crippen LogP contribution in [-0.4, -0.2) is 17.6 Å². The Morgan fingerprint density at radius 2 is 2.00 bits per heavy atom. The van der Waals surface area contributed by atoms with Crippen molar-refractivity contribution < 1.29 is 4.74 Å². The molecule has 1 rings (SSSR count). The lowest BCUT2D eigenvalue weighted by molar-refractivity contribution is 0.278. The molecule has 0 amide bonds. The van der Waals surface area contributed by atoms with Crippen LogP contribution in [0.1, 0.15) is 39.8 Å². The number of nitrogens with zero attached hydrogens (tertiary/aromatic N) is 1. The normalized spacial score (nSPS) is 11.3. The smallest absolute Gasteiger partial charge is 0.213 e. The SMILES string of the molecule is CC(C)CCOc1ccc(Cl)c(CNC(C)C)n1. The third-order valence-corrected chi connectivity index (χ3v) is 2.86. The molecule has 0 aliphatic carbocycles. The van der Waals surface area contributed by atoms with Crippen LogP contribution in [0.25, 0.3) is 0 Å². The maximum atomic E-state index is 6.11. The Morgan fingerprint density at radius 1 is 1.28 bits per heavy atom. The van der Waals surface area contributed by atoms with Crippen molar-refractivity contribution >= 4 is 11.6 Å². The van der Waals surface area contributed by atoms with Crippen molar-refractivity contribution in [3.63, 3.8) is 0 Å². The third kappa shape index (κ3) is 5.69. The minimum atomic E-state index is 0.411. The first-order valence-corrected chi connectivity index (χ1v) is 6.88. The molecule has 0 spiro atoms. The average molecular weight is 271 g/mol. The van der Waals surface area contributed by atoms with Crippen molar-refractivity contribution in [3.05, 3.63) is 22.8 Å². The van der Waals surface area contributed by atoms with Crippen LogP contribution in [0.2, 0.25) is 5.02 Å². The van der Waals surface area contributed by atoms with E-state index in [2.05, 4.69) is 38.0 Å². The van der Waals surface area contributed by atoms with Crippen LogP contribution in [0.15, 0.2) is 12.1 Å². The van der Waals surface area contributed by atoms with Gasteiger partial charge in [0, 0.05) is 18.7 Å². The second kappa shape index (κ2) is 7.59. The molecule has 18 heavy (non-hydrogen) atoms. The van der Waals surface area contributed by atoms with E-state index in [1.165, 1.54) is 0 Å². The summed E-state index contributed by atoms with van der Waals surface area (Å²) in [5.41, 5.74) is 0.840. The lowest BCUT2D eigenvalue weighted by Gasteiger charge is -2.11. The summed E-state index contributed by atoms with van der Waals surface area (Å²) in [7, 11) is 0. The summed E-state index contributed by atoms with van der Waals surface area (Å²) in [6, 6.07) is 4.08. The van der Waals surface area contributed by atoms with Gasteiger partial charge >= 0.3 is 0 Å². The third-order valence-electron chi connectivity index (χ3n) is 2.52. The quantitative estimate of drug-likeness (QED) is 0.821. The van der Waals surface area contributed by atoms with Gasteiger partial charge in [-0.15, -0.1) is 0 Å². The Bertz CT molecular complexity index is 367. The highest BCUT2D eigenvalue weighted by atomic mass is 35.5. The number of ether oxygens (including phenoxy) is 1. The molecule has 1 heterocycles. The van der Waals surface area contributed by atoms with Crippen molar-refractivity contribution in [1.82, 2.24) is 10.3 Å². The van der Waals surface area contributed by atoms with E-state index in [1.54, 1.807) is 0 Å². The van der Waals surface area contributed by atoms with Gasteiger partial charge in [0.1, 0.15) is 0 Å². The molecule has 0 unspecified atom stereocenters. The van der Waals surface area contributed by atoms with Crippen molar-refractivity contribution in [2.75, 3.05) is 6.61 Å². The molecule has 0 saturated heterocycles. The van der Waals surface area contributed by atoms with Gasteiger partial charge in [0.25, 0.3) is 0 Å². The van der Waals surface area contributed by atoms with Crippen LogP contribution < -0.4 is 10.1 Å². The van der Waals surface area contributed by atoms with E-state index in [1.807, 2.05) is 12.1 Å². The first kappa shape index (κ1) is 15.3. The molecule has 102 valence electrons. The molecule has 1 aromatic heterocycles. The number of nitrogens with one attached hydrogen (secondary N) is 1. The van der Waals surface area contributed by atoms with Gasteiger partial charge in [0.2, 0.25) is 5.88 Å². The fourth-order valence-corrected chi connectivity index (χ4v) is 1.54. The van der Waals surface area contributed by atoms with E-state index >= 15 is 0 Å². The van der Waals surface area contributed by atoms with Crippen LogP contribution in [0.5, 0.6) is 5.88 Å². The molecule has 0 saturated carbocycles. The number of hydrogen-bond acceptors (Lipinski definition) is 3. The van der Waals surface area contributed by atoms with Crippen LogP contribution >= 0.6 is 11.6 Å². The highest BCUT2D eigenvalue weighted by Crippen LogP contribution is 2.18. The molecule has 0 aliphatic rings. The predicted molar refractivity (Wildman–Crippen MR) is 76.2 cm³/mol. The standard InChI is InChI=1S/C14H23ClN2O/c1-10(2)7-8-18-14-6-5-12(15)13(17-14)9-16-11(3)4/h5-6,10-11,16H,7-9H2,1-4H3. The zero-order valence-corrected chi connectivity index (χ0v) is 12.4. The average Bonchev–Trinajstić information content (AvgIpc) is 2.29. The topological polar surface area (TPSA) is 34.1 Å². The first-order valence-electron chi connectivity index (χ1n) is 6.50. The summed E-state index contributed by atoms with van der Waals surface area (Å²) in [5, 5.41) is 3.98. The van der Waals surface area contributed by atoms with Crippen molar-refractivity contribution in [1.29, 1.82) is 0 Å². The first-order chi connectivity index (χ1) is 8.49. The monoisotopic (exact) mass is 270 g/mol. The molecule has 0 aliphatic heterocycles. The minimum absolute atomic E-state index is 0.411. The van der Waals surface area contributed by atoms with E-state index in [0.717, 1.165) is 12.1 Å². The summed E-state index contributed by atoms with van der Waals surface area (Å²) in [4.78, 5) is 4.42. The Labute approximate surface area is 115 Å². The fourth-order valence-electron chi connectivity index (χ4n) is 1.37. The Balaban J connectivity index is 2.56. The predicted octanol–water partition coefficient (Wildman–Crippen LogP) is 3.66. The molecule has 1 N–H and O–H groups in total. The van der Waals surface area contributed by atoms with Gasteiger partial charge in [-0.05, 0) is 18.4 Å². The summed E-state index contributed by atoms with van der Waals surface area (Å²) in [5.74, 6) is 1.29. The maximum absolute atomic E-state index is 6.11. The molecule has 3 nitrogen and oxygen atoms in total. The highest BCUT2D eigenvalue weighted by molar-refractivity contribution is 6.31. The number of halogens is 1. The van der Waals surface area contributed by atoms with Crippen LogP contribution in [0.4, 0.5) is 0 Å². The van der Waals surface area contributed by atoms with E-state index in [-0.39, 0.29) is 0 Å². The lowest BCUT2D eigenvalue weighted by Crippen LogP contribution is -2.22. The lowest BCUT2D eigenvalue weighted by atomic mass is 10.1. The number of hydrogen-bond donors (Lipinski definition) is 1. The Morgan fingerprint density at radius 3 is 2.61 bits per heavy atom. The van der Waals surface area contributed by atoms with E-state index in [0.29, 0.717) is 36.0 Å². The Hall–Kier alpha value is -0.800. The number of rotatable bonds is 7. The zero-order chi connectivity index (χ0) is 13.5. The second-order valence-electron chi connectivity index (χ2n) is 5.14. The molecule has 4 heteroatoms. The van der Waals surface area contributed by atoms with Crippen molar-refractivity contribution in [3.8, 4) is 5.88 Å². The van der Waals surface area contributed by atoms with E-state index < -0.39 is 0 Å². The second-order valence-corrected chi connectivity index (χ2v) is 5.55. The fraction of sp³-hybridized carbons (Fsp3) is 0.643. The van der Waals surface area contributed by atoms with Crippen LogP contribution in [0.3, 0.4) is 0 Å². The molecule has 0 fully saturated rings. The van der Waals surface area contributed by atoms with Gasteiger partial charge in [-0.1, -0.05) is 39.3 Å². The maximum Gasteiger partial charge on any atom is 0.213 e. The van der Waals surface area contributed by atoms with Gasteiger partial charge in [0.05, 0.1) is 17.3 Å². The number of aromatic nitrogens is 1. The van der Waals surface area contributed by atoms with E-state index in [4.69, 9.17) is 16.3 Å². The van der Waals surface area contributed by atoms with Gasteiger partial charge < -0.3 is 10.1 Å². The van der Waals surface area contributed by atoms with Gasteiger partial charge in [-0.2, -0.15) is 0 Å². The minimum Gasteiger partial charge on any atom is -0.478 e. The summed E-state index contributed by atoms with van der Waals surface area (Å²) in [6.45, 7) is 9.91. The Kier molecular flexibility index (Phi) is 6.44. The van der Waals surface area contributed by atoms with Gasteiger partial charge in [-0.25, -0.2) is 4.98 Å². The molecule has 0 aromatic carbocycles. The molecule has 1 aromatic rings. The zero-order valence-electron chi connectivity index (χ0n) is 11.7. The molecule has 0 bridgehead atoms. The van der Waals surface area contributed by atoms with Crippen LogP contribution in [0, 0.1) is 5.92 Å². The molecular weight excluding hydrogens is 248 g/mol. The largest absolute Gasteiger partial charge is 0.478 e. The summed E-state index contributed by atoms with van der Waals surface area (Å²) in [6.07, 6.45) is 1.03. The molecular formula is C14H23ClN2O. The van der Waals surface area contributed by atoms with Gasteiger partial charge in [0.15, 0.2) is 0 Å². The number of pyridine rings is 1. The van der Waals surface area contributed by atoms with Gasteiger partial charge in [-0.3, -0.25) is 0 Å². The van der Waals surface area contributed by atoms with Crippen molar-refractivity contribution in [2.24, 2.45) is 5.92 Å². The highest BCUT2D eigenvalue weighted by Gasteiger charge is 2.06. The molecule has 0 atom stereocenters. The van der Waals surface area contributed by atoms with Crippen LogP contribution in [-0.2, 0) is 6.54 Å². The van der Waals surface area contributed by atoms with E-state index in [9.17, 15) is 0 Å². The molecule has 0 radical (unpaired) electrons. The summed E-state index contributed by atoms with van der Waals surface area (Å²) >= 11 is 6.11. The van der Waals surface area contributed by atoms with Crippen molar-refractivity contribution in [2.45, 2.75) is 46.7 Å².